The SMILES string of the molecule is Cc1ccc(N(c2ccc(-n3c4ccccc4c4ccccc43)cc2)c2cccc3c2c2ccccc2n3-c2ccc(-c3cccnc3)cc2)cc1.OCc1ccc(N(c2ccc(-n3c4ccccc4c4ccccc43)cc2)c2cccc3c2c2ccccc2n3-c2ccc(-c3cccnc3)cc2)cc1. The molecule has 14 aromatic carbocycles. The number of nitrogens with zero attached hydrogens (tertiary/aromatic N) is 8. The maximum atomic E-state index is 9.90. The van der Waals surface area contributed by atoms with E-state index >= 15 is 0 Å². The van der Waals surface area contributed by atoms with E-state index in [1.54, 1.807) is 6.20 Å². The van der Waals surface area contributed by atoms with Crippen LogP contribution in [-0.2, 0) is 6.61 Å². The van der Waals surface area contributed by atoms with E-state index in [9.17, 15) is 5.11 Å². The highest BCUT2D eigenvalue weighted by molar-refractivity contribution is 6.18. The summed E-state index contributed by atoms with van der Waals surface area (Å²) >= 11 is 0. The highest BCUT2D eigenvalue weighted by atomic mass is 16.3. The minimum absolute atomic E-state index is 0.00357. The number of para-hydroxylation sites is 6. The minimum atomic E-state index is -0.00357. The second kappa shape index (κ2) is 26.3. The highest BCUT2D eigenvalue weighted by Crippen LogP contribution is 2.47. The molecule has 9 heteroatoms. The first-order chi connectivity index (χ1) is 52.0. The topological polar surface area (TPSA) is 72.2 Å². The van der Waals surface area contributed by atoms with Crippen LogP contribution in [0.1, 0.15) is 11.1 Å². The van der Waals surface area contributed by atoms with Crippen molar-refractivity contribution in [3.63, 3.8) is 0 Å². The van der Waals surface area contributed by atoms with Crippen LogP contribution < -0.4 is 9.80 Å². The molecule has 0 saturated carbocycles. The average molecular weight is 1350 g/mol. The fourth-order valence-corrected chi connectivity index (χ4v) is 15.8. The van der Waals surface area contributed by atoms with Crippen molar-refractivity contribution < 1.29 is 5.11 Å². The van der Waals surface area contributed by atoms with Crippen LogP contribution in [0.5, 0.6) is 0 Å². The van der Waals surface area contributed by atoms with Gasteiger partial charge in [-0.1, -0.05) is 188 Å². The largest absolute Gasteiger partial charge is 0.392 e. The summed E-state index contributed by atoms with van der Waals surface area (Å²) in [6.45, 7) is 2.14. The fourth-order valence-electron chi connectivity index (χ4n) is 15.8. The molecule has 0 aliphatic rings. The standard InChI is InChI=1S/C48H34N4O.C48H34N4/c53-32-33-18-22-36(23-19-33)50(37-26-28-39(29-27-37)51-43-13-4-1-10-40(43)41-11-2-5-14-44(41)51)46-16-7-17-47-48(46)42-12-3-6-15-45(42)52(47)38-24-20-34(21-25-38)35-9-8-30-49-31-35;1-33-19-23-36(24-20-33)50(37-27-29-39(30-28-37)51-43-14-5-2-11-40(43)41-12-3-6-15-44(41)51)46-17-8-18-47-48(46)42-13-4-7-16-45(42)52(47)38-25-21-34(22-26-38)35-10-9-31-49-32-35/h1-31,53H,32H2;2-32H,1H3. The van der Waals surface area contributed by atoms with E-state index in [0.29, 0.717) is 0 Å². The molecule has 6 heterocycles. The molecule has 6 aromatic heterocycles. The Hall–Kier alpha value is -13.9. The molecule has 0 amide bonds. The van der Waals surface area contributed by atoms with Gasteiger partial charge in [0.2, 0.25) is 0 Å². The van der Waals surface area contributed by atoms with E-state index in [-0.39, 0.29) is 6.61 Å². The number of rotatable bonds is 13. The Balaban J connectivity index is 0.000000144. The number of hydrogen-bond donors (Lipinski definition) is 1. The van der Waals surface area contributed by atoms with Crippen molar-refractivity contribution in [3.8, 4) is 45.0 Å². The molecule has 0 unspecified atom stereocenters. The molecule has 9 nitrogen and oxygen atoms in total. The smallest absolute Gasteiger partial charge is 0.0681 e. The van der Waals surface area contributed by atoms with Crippen LogP contribution in [0, 0.1) is 6.92 Å². The molecule has 1 N–H and O–H groups in total. The number of fused-ring (bicyclic) bond motifs is 12. The van der Waals surface area contributed by atoms with Crippen LogP contribution in [0.15, 0.2) is 377 Å². The number of aliphatic hydroxyl groups excluding tert-OH is 1. The fraction of sp³-hybridized carbons (Fsp3) is 0.0208. The first-order valence-corrected chi connectivity index (χ1v) is 35.6. The van der Waals surface area contributed by atoms with Gasteiger partial charge in [-0.25, -0.2) is 0 Å². The third-order valence-electron chi connectivity index (χ3n) is 20.6. The third-order valence-corrected chi connectivity index (χ3v) is 20.6. The number of aromatic nitrogens is 6. The Kier molecular flexibility index (Phi) is 15.6. The van der Waals surface area contributed by atoms with Gasteiger partial charge in [-0.05, 0) is 205 Å². The Morgan fingerprint density at radius 3 is 0.876 bits per heavy atom. The quantitative estimate of drug-likeness (QED) is 0.125. The van der Waals surface area contributed by atoms with Crippen LogP contribution in [0.4, 0.5) is 34.1 Å². The van der Waals surface area contributed by atoms with E-state index in [4.69, 9.17) is 0 Å². The summed E-state index contributed by atoms with van der Waals surface area (Å²) in [4.78, 5) is 13.4. The molecule has 0 spiro atoms. The predicted octanol–water partition coefficient (Wildman–Crippen LogP) is 24.6. The lowest BCUT2D eigenvalue weighted by Gasteiger charge is -2.27. The van der Waals surface area contributed by atoms with Gasteiger partial charge in [0.25, 0.3) is 0 Å². The number of aliphatic hydroxyl groups is 1. The summed E-state index contributed by atoms with van der Waals surface area (Å²) in [5.74, 6) is 0. The summed E-state index contributed by atoms with van der Waals surface area (Å²) in [5.41, 5.74) is 26.9. The molecule has 0 fully saturated rings. The second-order valence-corrected chi connectivity index (χ2v) is 26.7. The van der Waals surface area contributed by atoms with Crippen LogP contribution >= 0.6 is 0 Å². The molecule has 498 valence electrons. The van der Waals surface area contributed by atoms with Gasteiger partial charge >= 0.3 is 0 Å². The van der Waals surface area contributed by atoms with Crippen molar-refractivity contribution in [2.75, 3.05) is 9.80 Å². The average Bonchev–Trinajstić information content (AvgIpc) is 1.66. The van der Waals surface area contributed by atoms with Gasteiger partial charge in [0.1, 0.15) is 0 Å². The van der Waals surface area contributed by atoms with E-state index in [2.05, 4.69) is 373 Å². The van der Waals surface area contributed by atoms with Gasteiger partial charge in [0.05, 0.1) is 62.1 Å². The summed E-state index contributed by atoms with van der Waals surface area (Å²) < 4.78 is 9.47. The first-order valence-electron chi connectivity index (χ1n) is 35.6. The summed E-state index contributed by atoms with van der Waals surface area (Å²) in [6, 6.07) is 126. The predicted molar refractivity (Wildman–Crippen MR) is 437 cm³/mol. The van der Waals surface area contributed by atoms with Gasteiger partial charge in [0.15, 0.2) is 0 Å². The molecule has 0 aliphatic carbocycles. The lowest BCUT2D eigenvalue weighted by atomic mass is 10.1. The van der Waals surface area contributed by atoms with Gasteiger partial charge < -0.3 is 33.2 Å². The number of aryl methyl sites for hydroxylation is 1. The van der Waals surface area contributed by atoms with E-state index in [0.717, 1.165) is 107 Å². The Morgan fingerprint density at radius 1 is 0.257 bits per heavy atom. The van der Waals surface area contributed by atoms with E-state index in [1.165, 1.54) is 70.9 Å². The Morgan fingerprint density at radius 2 is 0.543 bits per heavy atom. The van der Waals surface area contributed by atoms with Crippen LogP contribution in [-0.4, -0.2) is 33.3 Å². The molecular weight excluding hydrogens is 1280 g/mol. The molecule has 0 atom stereocenters. The summed E-state index contributed by atoms with van der Waals surface area (Å²) in [6.07, 6.45) is 7.43. The summed E-state index contributed by atoms with van der Waals surface area (Å²) in [5, 5.41) is 19.7. The monoisotopic (exact) mass is 1350 g/mol. The molecule has 0 saturated heterocycles. The Bertz CT molecular complexity index is 6490. The van der Waals surface area contributed by atoms with Crippen LogP contribution in [0.2, 0.25) is 0 Å². The Labute approximate surface area is 607 Å². The normalized spacial score (nSPS) is 11.6. The van der Waals surface area contributed by atoms with Crippen LogP contribution in [0.3, 0.4) is 0 Å². The van der Waals surface area contributed by atoms with Crippen molar-refractivity contribution in [2.45, 2.75) is 13.5 Å². The van der Waals surface area contributed by atoms with Gasteiger partial charge in [-0.3, -0.25) is 9.97 Å². The molecule has 0 bridgehead atoms. The van der Waals surface area contributed by atoms with Gasteiger partial charge in [-0.2, -0.15) is 0 Å². The molecule has 20 aromatic rings. The zero-order valence-electron chi connectivity index (χ0n) is 57.5. The van der Waals surface area contributed by atoms with Crippen molar-refractivity contribution in [1.29, 1.82) is 0 Å². The summed E-state index contributed by atoms with van der Waals surface area (Å²) in [7, 11) is 0. The zero-order valence-corrected chi connectivity index (χ0v) is 57.5. The van der Waals surface area contributed by atoms with Gasteiger partial charge in [0, 0.05) is 113 Å². The van der Waals surface area contributed by atoms with Crippen molar-refractivity contribution >= 4 is 121 Å². The molecule has 0 aliphatic heterocycles. The van der Waals surface area contributed by atoms with E-state index in [1.807, 2.05) is 42.9 Å². The molecular formula is C96H68N8O. The lowest BCUT2D eigenvalue weighted by molar-refractivity contribution is 0.282. The van der Waals surface area contributed by atoms with Crippen molar-refractivity contribution in [2.24, 2.45) is 0 Å². The second-order valence-electron chi connectivity index (χ2n) is 26.7. The molecule has 105 heavy (non-hydrogen) atoms. The number of anilines is 6. The van der Waals surface area contributed by atoms with Crippen molar-refractivity contribution in [3.05, 3.63) is 388 Å². The zero-order chi connectivity index (χ0) is 69.9. The lowest BCUT2D eigenvalue weighted by Crippen LogP contribution is -2.11. The first kappa shape index (κ1) is 62.2. The van der Waals surface area contributed by atoms with Crippen LogP contribution in [0.25, 0.3) is 132 Å². The molecule has 0 radical (unpaired) electrons. The number of benzene rings is 14. The highest BCUT2D eigenvalue weighted by Gasteiger charge is 2.25. The molecule has 20 rings (SSSR count). The number of hydrogen-bond acceptors (Lipinski definition) is 5. The van der Waals surface area contributed by atoms with E-state index < -0.39 is 0 Å². The van der Waals surface area contributed by atoms with Crippen molar-refractivity contribution in [1.82, 2.24) is 28.2 Å². The maximum Gasteiger partial charge on any atom is 0.0681 e. The van der Waals surface area contributed by atoms with Gasteiger partial charge in [-0.15, -0.1) is 0 Å². The number of pyridine rings is 2. The maximum absolute atomic E-state index is 9.90. The minimum Gasteiger partial charge on any atom is -0.392 e. The third kappa shape index (κ3) is 10.8.